The van der Waals surface area contributed by atoms with E-state index >= 15 is 0 Å². The van der Waals surface area contributed by atoms with E-state index in [-0.39, 0.29) is 10.8 Å². The maximum atomic E-state index is 13.9. The van der Waals surface area contributed by atoms with E-state index in [0.29, 0.717) is 43.4 Å². The fourth-order valence-corrected chi connectivity index (χ4v) is 7.42. The van der Waals surface area contributed by atoms with Gasteiger partial charge < -0.3 is 4.74 Å². The predicted molar refractivity (Wildman–Crippen MR) is 162 cm³/mol. The lowest BCUT2D eigenvalue weighted by Gasteiger charge is -2.28. The highest BCUT2D eigenvalue weighted by Crippen LogP contribution is 2.33. The van der Waals surface area contributed by atoms with Crippen LogP contribution >= 0.6 is 11.3 Å². The summed E-state index contributed by atoms with van der Waals surface area (Å²) in [5.74, 6) is 0.499. The molecule has 0 saturated heterocycles. The Labute approximate surface area is 243 Å². The van der Waals surface area contributed by atoms with Crippen molar-refractivity contribution in [1.29, 1.82) is 0 Å². The number of sulfonamides is 1. The van der Waals surface area contributed by atoms with Crippen molar-refractivity contribution in [2.75, 3.05) is 18.1 Å². The van der Waals surface area contributed by atoms with Gasteiger partial charge in [-0.15, -0.1) is 0 Å². The molecule has 1 amide bonds. The zero-order valence-corrected chi connectivity index (χ0v) is 24.2. The van der Waals surface area contributed by atoms with Crippen molar-refractivity contribution in [3.05, 3.63) is 119 Å². The molecular formula is C32H29N3O4S2. The number of hydrogen-bond donors (Lipinski definition) is 0. The Kier molecular flexibility index (Phi) is 7.57. The Balaban J connectivity index is 1.29. The van der Waals surface area contributed by atoms with Crippen molar-refractivity contribution < 1.29 is 17.9 Å². The Hall–Kier alpha value is -4.05. The van der Waals surface area contributed by atoms with E-state index in [0.717, 1.165) is 27.1 Å². The molecule has 0 saturated carbocycles. The van der Waals surface area contributed by atoms with Gasteiger partial charge in [0.15, 0.2) is 5.13 Å². The number of hydrogen-bond acceptors (Lipinski definition) is 6. The molecule has 1 aromatic heterocycles. The van der Waals surface area contributed by atoms with E-state index in [1.165, 1.54) is 33.3 Å². The largest absolute Gasteiger partial charge is 0.494 e. The molecule has 41 heavy (non-hydrogen) atoms. The van der Waals surface area contributed by atoms with Gasteiger partial charge in [-0.2, -0.15) is 4.31 Å². The van der Waals surface area contributed by atoms with Crippen LogP contribution in [0.3, 0.4) is 0 Å². The van der Waals surface area contributed by atoms with Crippen LogP contribution in [0.4, 0.5) is 5.13 Å². The second-order valence-electron chi connectivity index (χ2n) is 9.82. The molecule has 6 rings (SSSR count). The molecule has 1 aliphatic rings. The van der Waals surface area contributed by atoms with E-state index in [2.05, 4.69) is 0 Å². The second kappa shape index (κ2) is 11.4. The first kappa shape index (κ1) is 27.1. The van der Waals surface area contributed by atoms with Crippen molar-refractivity contribution in [1.82, 2.24) is 9.29 Å². The molecule has 0 N–H and O–H groups in total. The minimum atomic E-state index is -3.71. The average Bonchev–Trinajstić information content (AvgIpc) is 3.43. The average molecular weight is 584 g/mol. The van der Waals surface area contributed by atoms with Gasteiger partial charge in [-0.25, -0.2) is 13.4 Å². The molecular weight excluding hydrogens is 555 g/mol. The zero-order valence-electron chi connectivity index (χ0n) is 22.6. The van der Waals surface area contributed by atoms with Crippen LogP contribution in [0.5, 0.6) is 5.75 Å². The molecule has 0 atom stereocenters. The number of thiazole rings is 1. The summed E-state index contributed by atoms with van der Waals surface area (Å²) in [5, 5.41) is 0.561. The number of rotatable bonds is 8. The van der Waals surface area contributed by atoms with E-state index in [4.69, 9.17) is 9.72 Å². The predicted octanol–water partition coefficient (Wildman–Crippen LogP) is 6.29. The normalized spacial score (nSPS) is 13.6. The molecule has 2 heterocycles. The van der Waals surface area contributed by atoms with Gasteiger partial charge in [-0.1, -0.05) is 65.9 Å². The SMILES string of the molecule is CCOc1ccc2nc(N(Cc3ccccc3)C(=O)c3ccc(S(=O)(=O)N4CCc5ccccc5C4)cc3)sc2c1. The highest BCUT2D eigenvalue weighted by atomic mass is 32.2. The molecule has 208 valence electrons. The van der Waals surface area contributed by atoms with Crippen molar-refractivity contribution in [3.63, 3.8) is 0 Å². The molecule has 0 aliphatic carbocycles. The van der Waals surface area contributed by atoms with Gasteiger partial charge >= 0.3 is 0 Å². The lowest BCUT2D eigenvalue weighted by atomic mass is 10.0. The summed E-state index contributed by atoms with van der Waals surface area (Å²) in [6, 6.07) is 29.6. The van der Waals surface area contributed by atoms with E-state index in [1.54, 1.807) is 17.0 Å². The zero-order chi connectivity index (χ0) is 28.4. The fraction of sp³-hybridized carbons (Fsp3) is 0.188. The molecule has 4 aromatic carbocycles. The first-order valence-corrected chi connectivity index (χ1v) is 15.7. The summed E-state index contributed by atoms with van der Waals surface area (Å²) in [6.45, 7) is 3.59. The molecule has 0 radical (unpaired) electrons. The summed E-state index contributed by atoms with van der Waals surface area (Å²) in [4.78, 5) is 20.5. The molecule has 9 heteroatoms. The number of anilines is 1. The first-order valence-electron chi connectivity index (χ1n) is 13.5. The van der Waals surface area contributed by atoms with Crippen LogP contribution in [0.25, 0.3) is 10.2 Å². The summed E-state index contributed by atoms with van der Waals surface area (Å²) in [5.41, 5.74) is 4.33. The molecule has 0 bridgehead atoms. The van der Waals surface area contributed by atoms with Crippen molar-refractivity contribution in [3.8, 4) is 5.75 Å². The highest BCUT2D eigenvalue weighted by molar-refractivity contribution is 7.89. The van der Waals surface area contributed by atoms with Crippen LogP contribution in [0.15, 0.2) is 102 Å². The third-order valence-electron chi connectivity index (χ3n) is 7.15. The maximum absolute atomic E-state index is 13.9. The smallest absolute Gasteiger partial charge is 0.260 e. The topological polar surface area (TPSA) is 79.8 Å². The van der Waals surface area contributed by atoms with Gasteiger partial charge in [-0.3, -0.25) is 9.69 Å². The standard InChI is InChI=1S/C32H29N3O4S2/c1-2-39-27-14-17-29-30(20-27)40-32(33-29)35(21-23-8-4-3-5-9-23)31(36)25-12-15-28(16-13-25)41(37,38)34-19-18-24-10-6-7-11-26(24)22-34/h3-17,20H,2,18-19,21-22H2,1H3. The fourth-order valence-electron chi connectivity index (χ4n) is 5.01. The van der Waals surface area contributed by atoms with Crippen LogP contribution in [0, 0.1) is 0 Å². The van der Waals surface area contributed by atoms with Gasteiger partial charge in [0.1, 0.15) is 5.75 Å². The minimum absolute atomic E-state index is 0.173. The van der Waals surface area contributed by atoms with E-state index < -0.39 is 10.0 Å². The lowest BCUT2D eigenvalue weighted by Crippen LogP contribution is -2.36. The van der Waals surface area contributed by atoms with Crippen molar-refractivity contribution in [2.45, 2.75) is 31.3 Å². The third-order valence-corrected chi connectivity index (χ3v) is 10.1. The number of ether oxygens (including phenoxy) is 1. The molecule has 0 fully saturated rings. The minimum Gasteiger partial charge on any atom is -0.494 e. The van der Waals surface area contributed by atoms with E-state index in [1.807, 2.05) is 79.7 Å². The van der Waals surface area contributed by atoms with Crippen LogP contribution < -0.4 is 9.64 Å². The third kappa shape index (κ3) is 5.61. The number of fused-ring (bicyclic) bond motifs is 2. The number of benzene rings is 4. The monoisotopic (exact) mass is 583 g/mol. The highest BCUT2D eigenvalue weighted by Gasteiger charge is 2.29. The summed E-state index contributed by atoms with van der Waals surface area (Å²) >= 11 is 1.42. The van der Waals surface area contributed by atoms with Crippen molar-refractivity contribution in [2.24, 2.45) is 0 Å². The number of nitrogens with zero attached hydrogens (tertiary/aromatic N) is 3. The van der Waals surface area contributed by atoms with Crippen LogP contribution in [-0.2, 0) is 29.5 Å². The number of amides is 1. The first-order chi connectivity index (χ1) is 19.9. The Morgan fingerprint density at radius 1 is 0.951 bits per heavy atom. The Morgan fingerprint density at radius 3 is 2.44 bits per heavy atom. The van der Waals surface area contributed by atoms with Gasteiger partial charge in [0.05, 0.1) is 28.3 Å². The summed E-state index contributed by atoms with van der Waals surface area (Å²) in [6.07, 6.45) is 0.675. The molecule has 5 aromatic rings. The van der Waals surface area contributed by atoms with Crippen molar-refractivity contribution >= 4 is 42.6 Å². The molecule has 1 aliphatic heterocycles. The van der Waals surface area contributed by atoms with Crippen LogP contribution in [-0.4, -0.2) is 36.8 Å². The Bertz CT molecular complexity index is 1800. The summed E-state index contributed by atoms with van der Waals surface area (Å²) in [7, 11) is -3.71. The van der Waals surface area contributed by atoms with Crippen LogP contribution in [0.1, 0.15) is 34.0 Å². The molecule has 0 unspecified atom stereocenters. The number of carbonyl (C=O) groups is 1. The van der Waals surface area contributed by atoms with Gasteiger partial charge in [0, 0.05) is 18.7 Å². The molecule has 0 spiro atoms. The van der Waals surface area contributed by atoms with Gasteiger partial charge in [0.25, 0.3) is 5.91 Å². The second-order valence-corrected chi connectivity index (χ2v) is 12.8. The van der Waals surface area contributed by atoms with Crippen LogP contribution in [0.2, 0.25) is 0 Å². The quantitative estimate of drug-likeness (QED) is 0.215. The number of aromatic nitrogens is 1. The van der Waals surface area contributed by atoms with E-state index in [9.17, 15) is 13.2 Å². The summed E-state index contributed by atoms with van der Waals surface area (Å²) < 4.78 is 35.0. The Morgan fingerprint density at radius 2 is 1.68 bits per heavy atom. The molecule has 7 nitrogen and oxygen atoms in total. The lowest BCUT2D eigenvalue weighted by molar-refractivity contribution is 0.0985. The maximum Gasteiger partial charge on any atom is 0.260 e. The van der Waals surface area contributed by atoms with Gasteiger partial charge in [0.2, 0.25) is 10.0 Å². The van der Waals surface area contributed by atoms with Gasteiger partial charge in [-0.05, 0) is 72.5 Å². The number of carbonyl (C=O) groups excluding carboxylic acids is 1.